The van der Waals surface area contributed by atoms with Crippen LogP contribution in [0.1, 0.15) is 27.6 Å². The van der Waals surface area contributed by atoms with E-state index in [0.717, 1.165) is 12.1 Å². The first kappa shape index (κ1) is 23.7. The second-order valence-corrected chi connectivity index (χ2v) is 6.99. The molecule has 0 aliphatic rings. The Kier molecular flexibility index (Phi) is 7.29. The number of nitrogens with one attached hydrogen (secondary N) is 3. The zero-order chi connectivity index (χ0) is 24.0. The minimum Gasteiger partial charge on any atom is -0.386 e. The largest absolute Gasteiger partial charge is 0.416 e. The second kappa shape index (κ2) is 10.1. The molecule has 33 heavy (non-hydrogen) atoms. The van der Waals surface area contributed by atoms with Crippen LogP contribution in [-0.2, 0) is 6.18 Å². The van der Waals surface area contributed by atoms with Gasteiger partial charge in [-0.05, 0) is 42.5 Å². The first-order valence-electron chi connectivity index (χ1n) is 9.69. The third-order valence-electron chi connectivity index (χ3n) is 4.55. The van der Waals surface area contributed by atoms with Crippen LogP contribution in [0.5, 0.6) is 0 Å². The van der Waals surface area contributed by atoms with Gasteiger partial charge in [0.1, 0.15) is 5.82 Å². The molecule has 4 N–H and O–H groups in total. The molecule has 0 saturated carbocycles. The molecule has 0 bridgehead atoms. The molecule has 10 heteroatoms. The van der Waals surface area contributed by atoms with E-state index in [1.165, 1.54) is 54.6 Å². The Hall–Kier alpha value is -3.92. The van der Waals surface area contributed by atoms with E-state index in [0.29, 0.717) is 0 Å². The van der Waals surface area contributed by atoms with E-state index in [9.17, 15) is 32.3 Å². The number of benzene rings is 3. The summed E-state index contributed by atoms with van der Waals surface area (Å²) in [5.41, 5.74) is -0.578. The van der Waals surface area contributed by atoms with Gasteiger partial charge in [0.25, 0.3) is 5.91 Å². The summed E-state index contributed by atoms with van der Waals surface area (Å²) in [5, 5.41) is 17.3. The van der Waals surface area contributed by atoms with Crippen molar-refractivity contribution < 1.29 is 32.3 Å². The quantitative estimate of drug-likeness (QED) is 0.392. The van der Waals surface area contributed by atoms with E-state index in [2.05, 4.69) is 16.0 Å². The molecule has 0 aliphatic carbocycles. The summed E-state index contributed by atoms with van der Waals surface area (Å²) in [7, 11) is 0. The van der Waals surface area contributed by atoms with Gasteiger partial charge < -0.3 is 21.1 Å². The average Bonchev–Trinajstić information content (AvgIpc) is 2.77. The Morgan fingerprint density at radius 1 is 0.879 bits per heavy atom. The second-order valence-electron chi connectivity index (χ2n) is 6.99. The highest BCUT2D eigenvalue weighted by molar-refractivity contribution is 6.05. The SMILES string of the molecule is O=C(NCC(O)c1ccccc1F)Nc1cccc(C(=O)Nc2cccc(C(F)(F)F)c2)c1. The van der Waals surface area contributed by atoms with Crippen LogP contribution in [0.3, 0.4) is 0 Å². The molecule has 3 amide bonds. The lowest BCUT2D eigenvalue weighted by molar-refractivity contribution is -0.137. The Labute approximate surface area is 186 Å². The van der Waals surface area contributed by atoms with Crippen LogP contribution in [0.15, 0.2) is 72.8 Å². The zero-order valence-corrected chi connectivity index (χ0v) is 17.0. The van der Waals surface area contributed by atoms with E-state index >= 15 is 0 Å². The zero-order valence-electron chi connectivity index (χ0n) is 17.0. The van der Waals surface area contributed by atoms with Gasteiger partial charge in [-0.1, -0.05) is 30.3 Å². The fourth-order valence-corrected chi connectivity index (χ4v) is 2.93. The third kappa shape index (κ3) is 6.53. The van der Waals surface area contributed by atoms with Crippen LogP contribution in [0.25, 0.3) is 0 Å². The molecule has 3 aromatic carbocycles. The van der Waals surface area contributed by atoms with Crippen molar-refractivity contribution in [3.63, 3.8) is 0 Å². The average molecular weight is 461 g/mol. The molecule has 6 nitrogen and oxygen atoms in total. The lowest BCUT2D eigenvalue weighted by atomic mass is 10.1. The van der Waals surface area contributed by atoms with Gasteiger partial charge in [-0.3, -0.25) is 4.79 Å². The molecule has 172 valence electrons. The first-order chi connectivity index (χ1) is 15.6. The Morgan fingerprint density at radius 3 is 2.24 bits per heavy atom. The van der Waals surface area contributed by atoms with Gasteiger partial charge in [0.05, 0.1) is 11.7 Å². The van der Waals surface area contributed by atoms with Crippen LogP contribution in [0.4, 0.5) is 33.7 Å². The van der Waals surface area contributed by atoms with Crippen molar-refractivity contribution in [2.75, 3.05) is 17.2 Å². The Balaban J connectivity index is 1.59. The van der Waals surface area contributed by atoms with Crippen molar-refractivity contribution in [3.8, 4) is 0 Å². The predicted octanol–water partition coefficient (Wildman–Crippen LogP) is 4.95. The highest BCUT2D eigenvalue weighted by atomic mass is 19.4. The van der Waals surface area contributed by atoms with Gasteiger partial charge in [-0.15, -0.1) is 0 Å². The minimum absolute atomic E-state index is 0.0334. The predicted molar refractivity (Wildman–Crippen MR) is 114 cm³/mol. The molecule has 3 rings (SSSR count). The number of halogens is 4. The van der Waals surface area contributed by atoms with Crippen LogP contribution in [0, 0.1) is 5.82 Å². The Morgan fingerprint density at radius 2 is 1.55 bits per heavy atom. The van der Waals surface area contributed by atoms with Crippen LogP contribution in [0.2, 0.25) is 0 Å². The van der Waals surface area contributed by atoms with Gasteiger partial charge in [-0.25, -0.2) is 9.18 Å². The van der Waals surface area contributed by atoms with Gasteiger partial charge in [0.15, 0.2) is 0 Å². The number of aliphatic hydroxyl groups is 1. The van der Waals surface area contributed by atoms with E-state index in [4.69, 9.17) is 0 Å². The molecule has 0 heterocycles. The van der Waals surface area contributed by atoms with Gasteiger partial charge in [0, 0.05) is 29.0 Å². The summed E-state index contributed by atoms with van der Waals surface area (Å²) in [4.78, 5) is 24.5. The van der Waals surface area contributed by atoms with Crippen molar-refractivity contribution in [1.29, 1.82) is 0 Å². The third-order valence-corrected chi connectivity index (χ3v) is 4.55. The number of carbonyl (C=O) groups is 2. The normalized spacial score (nSPS) is 12.0. The molecule has 0 aromatic heterocycles. The molecule has 1 atom stereocenters. The molecule has 0 aliphatic heterocycles. The maximum absolute atomic E-state index is 13.7. The molecular weight excluding hydrogens is 442 g/mol. The van der Waals surface area contributed by atoms with Crippen LogP contribution in [-0.4, -0.2) is 23.6 Å². The molecule has 0 saturated heterocycles. The topological polar surface area (TPSA) is 90.5 Å². The van der Waals surface area contributed by atoms with E-state index < -0.39 is 35.6 Å². The molecule has 3 aromatic rings. The summed E-state index contributed by atoms with van der Waals surface area (Å²) >= 11 is 0. The van der Waals surface area contributed by atoms with Crippen molar-refractivity contribution in [3.05, 3.63) is 95.3 Å². The monoisotopic (exact) mass is 461 g/mol. The van der Waals surface area contributed by atoms with Gasteiger partial charge in [0.2, 0.25) is 0 Å². The molecule has 0 spiro atoms. The Bertz CT molecular complexity index is 1150. The smallest absolute Gasteiger partial charge is 0.386 e. The lowest BCUT2D eigenvalue weighted by Gasteiger charge is -2.14. The highest BCUT2D eigenvalue weighted by Crippen LogP contribution is 2.30. The number of carbonyl (C=O) groups excluding carboxylic acids is 2. The lowest BCUT2D eigenvalue weighted by Crippen LogP contribution is -2.32. The number of urea groups is 1. The van der Waals surface area contributed by atoms with E-state index in [1.54, 1.807) is 6.07 Å². The number of anilines is 2. The van der Waals surface area contributed by atoms with Gasteiger partial charge >= 0.3 is 12.2 Å². The van der Waals surface area contributed by atoms with E-state index in [1.807, 2.05) is 0 Å². The summed E-state index contributed by atoms with van der Waals surface area (Å²) in [6.07, 6.45) is -5.81. The molecule has 0 fully saturated rings. The maximum Gasteiger partial charge on any atom is 0.416 e. The van der Waals surface area contributed by atoms with Crippen molar-refractivity contribution in [2.45, 2.75) is 12.3 Å². The van der Waals surface area contributed by atoms with E-state index in [-0.39, 0.29) is 29.0 Å². The first-order valence-corrected chi connectivity index (χ1v) is 9.69. The molecule has 0 radical (unpaired) electrons. The maximum atomic E-state index is 13.7. The number of hydrogen-bond acceptors (Lipinski definition) is 3. The molecular formula is C23H19F4N3O3. The number of amides is 3. The fraction of sp³-hybridized carbons (Fsp3) is 0.130. The van der Waals surface area contributed by atoms with Crippen molar-refractivity contribution in [2.24, 2.45) is 0 Å². The minimum atomic E-state index is -4.54. The fourth-order valence-electron chi connectivity index (χ4n) is 2.93. The van der Waals surface area contributed by atoms with Gasteiger partial charge in [-0.2, -0.15) is 13.2 Å². The summed E-state index contributed by atoms with van der Waals surface area (Å²) in [5.74, 6) is -1.28. The molecule has 1 unspecified atom stereocenters. The number of aliphatic hydroxyl groups excluding tert-OH is 1. The summed E-state index contributed by atoms with van der Waals surface area (Å²) < 4.78 is 52.2. The van der Waals surface area contributed by atoms with Crippen molar-refractivity contribution >= 4 is 23.3 Å². The summed E-state index contributed by atoms with van der Waals surface area (Å²) in [6, 6.07) is 14.8. The number of hydrogen-bond donors (Lipinski definition) is 4. The van der Waals surface area contributed by atoms with Crippen LogP contribution >= 0.6 is 0 Å². The standard InChI is InChI=1S/C23H19F4N3O3/c24-19-10-2-1-9-18(19)20(31)13-28-22(33)30-16-7-3-5-14(11-16)21(32)29-17-8-4-6-15(12-17)23(25,26)27/h1-12,20,31H,13H2,(H,29,32)(H2,28,30,33). The highest BCUT2D eigenvalue weighted by Gasteiger charge is 2.30. The number of rotatable bonds is 6. The van der Waals surface area contributed by atoms with Crippen LogP contribution < -0.4 is 16.0 Å². The number of alkyl halides is 3. The summed E-state index contributed by atoms with van der Waals surface area (Å²) in [6.45, 7) is -0.261. The van der Waals surface area contributed by atoms with Crippen molar-refractivity contribution in [1.82, 2.24) is 5.32 Å².